The summed E-state index contributed by atoms with van der Waals surface area (Å²) in [4.78, 5) is 12.4. The highest BCUT2D eigenvalue weighted by Gasteiger charge is 2.14. The summed E-state index contributed by atoms with van der Waals surface area (Å²) in [5.74, 6) is 0.584. The van der Waals surface area contributed by atoms with Gasteiger partial charge in [-0.15, -0.1) is 10.2 Å². The maximum Gasteiger partial charge on any atom is 0.255 e. The summed E-state index contributed by atoms with van der Waals surface area (Å²) >= 11 is 3.09. The molecule has 0 aliphatic rings. The fraction of sp³-hybridized carbons (Fsp3) is 0.286. The van der Waals surface area contributed by atoms with E-state index in [2.05, 4.69) is 36.3 Å². The molecular weight excluding hydrogens is 390 g/mol. The van der Waals surface area contributed by atoms with E-state index in [9.17, 15) is 4.79 Å². The van der Waals surface area contributed by atoms with Crippen LogP contribution in [0, 0.1) is 0 Å². The second-order valence-corrected chi connectivity index (χ2v) is 9.38. The van der Waals surface area contributed by atoms with E-state index in [1.54, 1.807) is 11.8 Å². The van der Waals surface area contributed by atoms with Crippen LogP contribution in [0.1, 0.15) is 41.7 Å². The molecule has 3 rings (SSSR count). The van der Waals surface area contributed by atoms with Gasteiger partial charge in [-0.2, -0.15) is 0 Å². The first-order chi connectivity index (χ1) is 13.3. The number of hydrogen-bond acceptors (Lipinski definition) is 6. The maximum absolute atomic E-state index is 12.4. The third-order valence-electron chi connectivity index (χ3n) is 4.11. The molecule has 146 valence electrons. The van der Waals surface area contributed by atoms with Gasteiger partial charge in [-0.3, -0.25) is 4.79 Å². The molecule has 1 aromatic heterocycles. The van der Waals surface area contributed by atoms with Crippen molar-refractivity contribution in [2.45, 2.75) is 37.1 Å². The van der Waals surface area contributed by atoms with E-state index in [1.807, 2.05) is 54.8 Å². The van der Waals surface area contributed by atoms with Crippen molar-refractivity contribution < 1.29 is 9.53 Å². The Hall–Kier alpha value is -2.38. The molecule has 5 nitrogen and oxygen atoms in total. The number of carbonyl (C=O) groups excluding carboxylic acids is 1. The van der Waals surface area contributed by atoms with Crippen LogP contribution in [0.15, 0.2) is 52.9 Å². The van der Waals surface area contributed by atoms with Gasteiger partial charge in [0, 0.05) is 11.3 Å². The molecule has 7 heteroatoms. The predicted octanol–water partition coefficient (Wildman–Crippen LogP) is 5.39. The van der Waals surface area contributed by atoms with Gasteiger partial charge in [0.2, 0.25) is 0 Å². The van der Waals surface area contributed by atoms with Crippen LogP contribution in [0.4, 0.5) is 5.69 Å². The van der Waals surface area contributed by atoms with Crippen molar-refractivity contribution in [3.63, 3.8) is 0 Å². The zero-order valence-corrected chi connectivity index (χ0v) is 18.0. The monoisotopic (exact) mass is 413 g/mol. The van der Waals surface area contributed by atoms with E-state index < -0.39 is 0 Å². The molecule has 0 atom stereocenters. The van der Waals surface area contributed by atoms with Gasteiger partial charge in [-0.1, -0.05) is 56.0 Å². The molecule has 0 unspecified atom stereocenters. The predicted molar refractivity (Wildman–Crippen MR) is 116 cm³/mol. The number of rotatable bonds is 6. The average molecular weight is 414 g/mol. The van der Waals surface area contributed by atoms with E-state index in [4.69, 9.17) is 4.74 Å². The Bertz CT molecular complexity index is 930. The zero-order chi connectivity index (χ0) is 20.1. The van der Waals surface area contributed by atoms with Crippen LogP contribution in [0.3, 0.4) is 0 Å². The van der Waals surface area contributed by atoms with Crippen LogP contribution < -0.4 is 10.1 Å². The van der Waals surface area contributed by atoms with Gasteiger partial charge in [0.15, 0.2) is 9.35 Å². The molecular formula is C21H23N3O2S2. The van der Waals surface area contributed by atoms with E-state index in [0.717, 1.165) is 15.0 Å². The number of carbonyl (C=O) groups is 1. The first-order valence-corrected chi connectivity index (χ1v) is 10.9. The summed E-state index contributed by atoms with van der Waals surface area (Å²) in [7, 11) is 0. The summed E-state index contributed by atoms with van der Waals surface area (Å²) in [6.45, 7) is 6.83. The van der Waals surface area contributed by atoms with Gasteiger partial charge in [-0.05, 0) is 53.6 Å². The quantitative estimate of drug-likeness (QED) is 0.549. The van der Waals surface area contributed by atoms with Crippen molar-refractivity contribution in [3.8, 4) is 5.75 Å². The third kappa shape index (κ3) is 5.33. The SMILES string of the molecule is CSc1nnc(COc2ccc(NC(=O)c3ccc(C(C)(C)C)cc3)cc2)s1. The topological polar surface area (TPSA) is 64.1 Å². The van der Waals surface area contributed by atoms with Gasteiger partial charge in [-0.25, -0.2) is 0 Å². The van der Waals surface area contributed by atoms with Crippen molar-refractivity contribution in [2.24, 2.45) is 0 Å². The molecule has 0 saturated heterocycles. The minimum absolute atomic E-state index is 0.0659. The van der Waals surface area contributed by atoms with Crippen LogP contribution in [-0.2, 0) is 12.0 Å². The van der Waals surface area contributed by atoms with Crippen LogP contribution in [0.25, 0.3) is 0 Å². The molecule has 1 heterocycles. The molecule has 2 aromatic carbocycles. The molecule has 28 heavy (non-hydrogen) atoms. The normalized spacial score (nSPS) is 11.3. The van der Waals surface area contributed by atoms with E-state index in [-0.39, 0.29) is 11.3 Å². The molecule has 0 saturated carbocycles. The first-order valence-electron chi connectivity index (χ1n) is 8.86. The lowest BCUT2D eigenvalue weighted by molar-refractivity contribution is 0.102. The Morgan fingerprint density at radius 3 is 2.32 bits per heavy atom. The molecule has 0 aliphatic carbocycles. The smallest absolute Gasteiger partial charge is 0.255 e. The van der Waals surface area contributed by atoms with Crippen LogP contribution in [0.2, 0.25) is 0 Å². The highest BCUT2D eigenvalue weighted by Crippen LogP contribution is 2.24. The summed E-state index contributed by atoms with van der Waals surface area (Å²) < 4.78 is 6.65. The largest absolute Gasteiger partial charge is 0.486 e. The number of amides is 1. The molecule has 3 aromatic rings. The number of anilines is 1. The van der Waals surface area contributed by atoms with Gasteiger partial charge >= 0.3 is 0 Å². The summed E-state index contributed by atoms with van der Waals surface area (Å²) in [5, 5.41) is 11.9. The standard InChI is InChI=1S/C21H23N3O2S2/c1-21(2,3)15-7-5-14(6-8-15)19(25)22-16-9-11-17(12-10-16)26-13-18-23-24-20(27-4)28-18/h5-12H,13H2,1-4H3,(H,22,25). The van der Waals surface area contributed by atoms with Gasteiger partial charge in [0.1, 0.15) is 12.4 Å². The summed E-state index contributed by atoms with van der Waals surface area (Å²) in [5.41, 5.74) is 2.62. The lowest BCUT2D eigenvalue weighted by Gasteiger charge is -2.19. The molecule has 1 amide bonds. The molecule has 0 fully saturated rings. The number of hydrogen-bond donors (Lipinski definition) is 1. The average Bonchev–Trinajstić information content (AvgIpc) is 3.15. The Morgan fingerprint density at radius 2 is 1.75 bits per heavy atom. The fourth-order valence-electron chi connectivity index (χ4n) is 2.48. The van der Waals surface area contributed by atoms with Gasteiger partial charge in [0.25, 0.3) is 5.91 Å². The van der Waals surface area contributed by atoms with Crippen molar-refractivity contribution >= 4 is 34.7 Å². The number of nitrogens with zero attached hydrogens (tertiary/aromatic N) is 2. The van der Waals surface area contributed by atoms with E-state index >= 15 is 0 Å². The zero-order valence-electron chi connectivity index (χ0n) is 16.4. The third-order valence-corrected chi connectivity index (χ3v) is 5.98. The van der Waals surface area contributed by atoms with E-state index in [1.165, 1.54) is 16.9 Å². The van der Waals surface area contributed by atoms with Gasteiger partial charge in [0.05, 0.1) is 0 Å². The number of thioether (sulfide) groups is 1. The van der Waals surface area contributed by atoms with Crippen molar-refractivity contribution in [2.75, 3.05) is 11.6 Å². The minimum Gasteiger partial charge on any atom is -0.486 e. The lowest BCUT2D eigenvalue weighted by atomic mass is 9.87. The molecule has 0 bridgehead atoms. The summed E-state index contributed by atoms with van der Waals surface area (Å²) in [6.07, 6.45) is 1.97. The summed E-state index contributed by atoms with van der Waals surface area (Å²) in [6, 6.07) is 15.0. The second kappa shape index (κ2) is 8.75. The lowest BCUT2D eigenvalue weighted by Crippen LogP contribution is -2.14. The molecule has 0 radical (unpaired) electrons. The minimum atomic E-state index is -0.132. The highest BCUT2D eigenvalue weighted by molar-refractivity contribution is 8.00. The Morgan fingerprint density at radius 1 is 1.07 bits per heavy atom. The van der Waals surface area contributed by atoms with E-state index in [0.29, 0.717) is 17.9 Å². The molecule has 1 N–H and O–H groups in total. The maximum atomic E-state index is 12.4. The highest BCUT2D eigenvalue weighted by atomic mass is 32.2. The van der Waals surface area contributed by atoms with Crippen LogP contribution >= 0.6 is 23.1 Å². The Labute approximate surface area is 173 Å². The number of benzene rings is 2. The fourth-order valence-corrected chi connectivity index (χ4v) is 3.71. The van der Waals surface area contributed by atoms with Crippen molar-refractivity contribution in [1.29, 1.82) is 0 Å². The number of aromatic nitrogens is 2. The Balaban J connectivity index is 1.56. The van der Waals surface area contributed by atoms with Crippen LogP contribution in [0.5, 0.6) is 5.75 Å². The van der Waals surface area contributed by atoms with Crippen molar-refractivity contribution in [3.05, 3.63) is 64.7 Å². The second-order valence-electron chi connectivity index (χ2n) is 7.26. The molecule has 0 spiro atoms. The van der Waals surface area contributed by atoms with Crippen molar-refractivity contribution in [1.82, 2.24) is 10.2 Å². The van der Waals surface area contributed by atoms with Gasteiger partial charge < -0.3 is 10.1 Å². The first kappa shape index (κ1) is 20.4. The number of nitrogens with one attached hydrogen (secondary N) is 1. The molecule has 0 aliphatic heterocycles. The number of ether oxygens (including phenoxy) is 1. The van der Waals surface area contributed by atoms with Crippen LogP contribution in [-0.4, -0.2) is 22.4 Å². The Kier molecular flexibility index (Phi) is 6.36.